The Kier molecular flexibility index (Phi) is 7.15. The first-order valence-electron chi connectivity index (χ1n) is 7.56. The SMILES string of the molecule is CCCC1CN(CCSC(F)(F)F)C(CC)(CC)CN1. The zero-order valence-electron chi connectivity index (χ0n) is 12.7. The summed E-state index contributed by atoms with van der Waals surface area (Å²) in [4.78, 5) is 2.29. The van der Waals surface area contributed by atoms with Crippen molar-refractivity contribution in [1.82, 2.24) is 10.2 Å². The molecule has 0 aromatic carbocycles. The maximum Gasteiger partial charge on any atom is 0.441 e. The van der Waals surface area contributed by atoms with Crippen LogP contribution in [0.15, 0.2) is 0 Å². The van der Waals surface area contributed by atoms with Gasteiger partial charge in [0.2, 0.25) is 0 Å². The fraction of sp³-hybridized carbons (Fsp3) is 1.00. The fourth-order valence-electron chi connectivity index (χ4n) is 3.06. The van der Waals surface area contributed by atoms with E-state index >= 15 is 0 Å². The minimum atomic E-state index is -4.11. The van der Waals surface area contributed by atoms with Gasteiger partial charge in [-0.25, -0.2) is 0 Å². The average Bonchev–Trinajstić information content (AvgIpc) is 2.39. The lowest BCUT2D eigenvalue weighted by Gasteiger charge is -2.50. The molecular weight excluding hydrogens is 285 g/mol. The van der Waals surface area contributed by atoms with Gasteiger partial charge in [0.05, 0.1) is 0 Å². The molecule has 1 heterocycles. The Bertz CT molecular complexity index is 280. The van der Waals surface area contributed by atoms with Crippen LogP contribution < -0.4 is 5.32 Å². The molecule has 6 heteroatoms. The van der Waals surface area contributed by atoms with Crippen LogP contribution in [0.3, 0.4) is 0 Å². The fourth-order valence-corrected chi connectivity index (χ4v) is 3.60. The van der Waals surface area contributed by atoms with E-state index in [0.717, 1.165) is 38.8 Å². The molecule has 1 aliphatic heterocycles. The molecule has 2 nitrogen and oxygen atoms in total. The van der Waals surface area contributed by atoms with Crippen LogP contribution in [0.1, 0.15) is 46.5 Å². The Morgan fingerprint density at radius 1 is 1.25 bits per heavy atom. The first-order chi connectivity index (χ1) is 9.37. The van der Waals surface area contributed by atoms with Crippen LogP contribution in [0.2, 0.25) is 0 Å². The first kappa shape index (κ1) is 18.1. The van der Waals surface area contributed by atoms with Gasteiger partial charge in [0.1, 0.15) is 0 Å². The van der Waals surface area contributed by atoms with Gasteiger partial charge < -0.3 is 5.32 Å². The van der Waals surface area contributed by atoms with E-state index in [0.29, 0.717) is 12.6 Å². The van der Waals surface area contributed by atoms with Crippen molar-refractivity contribution in [3.8, 4) is 0 Å². The van der Waals surface area contributed by atoms with Crippen molar-refractivity contribution >= 4 is 11.8 Å². The van der Waals surface area contributed by atoms with E-state index < -0.39 is 5.51 Å². The zero-order chi connectivity index (χ0) is 15.2. The maximum absolute atomic E-state index is 12.3. The summed E-state index contributed by atoms with van der Waals surface area (Å²) in [6.07, 6.45) is 4.15. The van der Waals surface area contributed by atoms with Gasteiger partial charge >= 0.3 is 5.51 Å². The summed E-state index contributed by atoms with van der Waals surface area (Å²) in [5.41, 5.74) is -4.09. The normalized spacial score (nSPS) is 24.0. The number of hydrogen-bond donors (Lipinski definition) is 1. The minimum Gasteiger partial charge on any atom is -0.311 e. The Labute approximate surface area is 124 Å². The van der Waals surface area contributed by atoms with Crippen LogP contribution >= 0.6 is 11.8 Å². The Morgan fingerprint density at radius 3 is 2.40 bits per heavy atom. The number of nitrogens with zero attached hydrogens (tertiary/aromatic N) is 1. The van der Waals surface area contributed by atoms with Crippen LogP contribution in [-0.4, -0.2) is 47.4 Å². The van der Waals surface area contributed by atoms with Gasteiger partial charge in [-0.3, -0.25) is 4.90 Å². The van der Waals surface area contributed by atoms with E-state index in [4.69, 9.17) is 0 Å². The van der Waals surface area contributed by atoms with Crippen molar-refractivity contribution in [2.75, 3.05) is 25.4 Å². The molecule has 0 spiro atoms. The van der Waals surface area contributed by atoms with Crippen molar-refractivity contribution in [2.24, 2.45) is 0 Å². The van der Waals surface area contributed by atoms with Crippen LogP contribution in [0, 0.1) is 0 Å². The number of piperazine rings is 1. The van der Waals surface area contributed by atoms with Gasteiger partial charge in [-0.15, -0.1) is 0 Å². The smallest absolute Gasteiger partial charge is 0.311 e. The van der Waals surface area contributed by atoms with Gasteiger partial charge in [-0.1, -0.05) is 27.2 Å². The van der Waals surface area contributed by atoms with E-state index in [-0.39, 0.29) is 23.1 Å². The number of thioether (sulfide) groups is 1. The van der Waals surface area contributed by atoms with E-state index in [1.54, 1.807) is 0 Å². The monoisotopic (exact) mass is 312 g/mol. The number of hydrogen-bond acceptors (Lipinski definition) is 3. The first-order valence-corrected chi connectivity index (χ1v) is 8.54. The van der Waals surface area contributed by atoms with Crippen molar-refractivity contribution in [1.29, 1.82) is 0 Å². The Morgan fingerprint density at radius 2 is 1.90 bits per heavy atom. The molecular formula is C14H27F3N2S. The predicted octanol–water partition coefficient (Wildman–Crippen LogP) is 3.87. The molecule has 1 atom stereocenters. The zero-order valence-corrected chi connectivity index (χ0v) is 13.5. The Balaban J connectivity index is 2.62. The van der Waals surface area contributed by atoms with Crippen LogP contribution in [0.25, 0.3) is 0 Å². The molecule has 1 N–H and O–H groups in total. The third kappa shape index (κ3) is 5.11. The molecule has 1 unspecified atom stereocenters. The minimum absolute atomic E-state index is 0.0242. The molecule has 0 aromatic heterocycles. The Hall–Kier alpha value is 0.0600. The highest BCUT2D eigenvalue weighted by Crippen LogP contribution is 2.32. The summed E-state index contributed by atoms with van der Waals surface area (Å²) in [7, 11) is 0. The number of halogens is 3. The van der Waals surface area contributed by atoms with Crippen LogP contribution in [0.4, 0.5) is 13.2 Å². The van der Waals surface area contributed by atoms with E-state index in [1.807, 2.05) is 0 Å². The van der Waals surface area contributed by atoms with Gasteiger partial charge in [0.25, 0.3) is 0 Å². The van der Waals surface area contributed by atoms with Crippen molar-refractivity contribution in [3.63, 3.8) is 0 Å². The second kappa shape index (κ2) is 7.90. The molecule has 1 saturated heterocycles. The van der Waals surface area contributed by atoms with Gasteiger partial charge in [0, 0.05) is 37.0 Å². The van der Waals surface area contributed by atoms with E-state index in [9.17, 15) is 13.2 Å². The number of alkyl halides is 3. The van der Waals surface area contributed by atoms with E-state index in [2.05, 4.69) is 31.0 Å². The molecule has 0 radical (unpaired) electrons. The molecule has 0 saturated carbocycles. The summed E-state index contributed by atoms with van der Waals surface area (Å²) in [5, 5.41) is 3.58. The van der Waals surface area contributed by atoms with Crippen LogP contribution in [0.5, 0.6) is 0 Å². The molecule has 0 amide bonds. The standard InChI is InChI=1S/C14H27F3N2S/c1-4-7-12-10-19(8-9-20-14(15,16)17)13(5-2,6-3)11-18-12/h12,18H,4-11H2,1-3H3. The molecule has 20 heavy (non-hydrogen) atoms. The topological polar surface area (TPSA) is 15.3 Å². The lowest BCUT2D eigenvalue weighted by molar-refractivity contribution is -0.0332. The molecule has 0 aromatic rings. The lowest BCUT2D eigenvalue weighted by Crippen LogP contribution is -2.64. The molecule has 1 rings (SSSR count). The molecule has 0 bridgehead atoms. The highest BCUT2D eigenvalue weighted by atomic mass is 32.2. The van der Waals surface area contributed by atoms with Gasteiger partial charge in [-0.2, -0.15) is 13.2 Å². The average molecular weight is 312 g/mol. The van der Waals surface area contributed by atoms with Crippen LogP contribution in [-0.2, 0) is 0 Å². The third-order valence-electron chi connectivity index (χ3n) is 4.41. The second-order valence-corrected chi connectivity index (χ2v) is 6.70. The number of nitrogens with one attached hydrogen (secondary N) is 1. The second-order valence-electron chi connectivity index (χ2n) is 5.54. The summed E-state index contributed by atoms with van der Waals surface area (Å²) in [6.45, 7) is 8.69. The quantitative estimate of drug-likeness (QED) is 0.768. The van der Waals surface area contributed by atoms with Crippen molar-refractivity contribution < 1.29 is 13.2 Å². The van der Waals surface area contributed by atoms with E-state index in [1.165, 1.54) is 0 Å². The number of rotatable bonds is 7. The highest BCUT2D eigenvalue weighted by Gasteiger charge is 2.39. The van der Waals surface area contributed by atoms with Crippen molar-refractivity contribution in [2.45, 2.75) is 63.5 Å². The molecule has 120 valence electrons. The predicted molar refractivity (Wildman–Crippen MR) is 80.1 cm³/mol. The molecule has 1 fully saturated rings. The molecule has 1 aliphatic rings. The summed E-state index contributed by atoms with van der Waals surface area (Å²) in [5.74, 6) is 0.129. The lowest BCUT2D eigenvalue weighted by atomic mass is 9.86. The van der Waals surface area contributed by atoms with Gasteiger partial charge in [0.15, 0.2) is 0 Å². The largest absolute Gasteiger partial charge is 0.441 e. The molecule has 0 aliphatic carbocycles. The third-order valence-corrected chi connectivity index (χ3v) is 5.13. The highest BCUT2D eigenvalue weighted by molar-refractivity contribution is 8.00. The van der Waals surface area contributed by atoms with Crippen molar-refractivity contribution in [3.05, 3.63) is 0 Å². The van der Waals surface area contributed by atoms with Gasteiger partial charge in [-0.05, 0) is 31.0 Å². The summed E-state index contributed by atoms with van der Waals surface area (Å²) >= 11 is 0.101. The summed E-state index contributed by atoms with van der Waals surface area (Å²) < 4.78 is 36.9. The maximum atomic E-state index is 12.3. The summed E-state index contributed by atoms with van der Waals surface area (Å²) in [6, 6.07) is 0.419.